The van der Waals surface area contributed by atoms with E-state index in [9.17, 15) is 9.59 Å². The number of rotatable bonds is 8. The van der Waals surface area contributed by atoms with Crippen molar-refractivity contribution in [2.75, 3.05) is 11.1 Å². The minimum Gasteiger partial charge on any atom is -0.369 e. The van der Waals surface area contributed by atoms with Gasteiger partial charge in [-0.05, 0) is 30.3 Å². The van der Waals surface area contributed by atoms with Crippen LogP contribution in [0.5, 0.6) is 0 Å². The van der Waals surface area contributed by atoms with Crippen molar-refractivity contribution in [3.05, 3.63) is 103 Å². The molecule has 0 unspecified atom stereocenters. The lowest BCUT2D eigenvalue weighted by Crippen LogP contribution is -2.13. The molecule has 3 N–H and O–H groups in total. The maximum Gasteiger partial charge on any atom is 0.248 e. The average molecular weight is 455 g/mol. The van der Waals surface area contributed by atoms with Gasteiger partial charge in [0.1, 0.15) is 0 Å². The number of nitrogens with zero attached hydrogens (tertiary/aromatic N) is 2. The molecule has 7 heteroatoms. The number of primary amides is 1. The number of hydrogen-bond acceptors (Lipinski definition) is 4. The molecule has 0 bridgehead atoms. The summed E-state index contributed by atoms with van der Waals surface area (Å²) >= 11 is 1.29. The Morgan fingerprint density at radius 3 is 2.33 bits per heavy atom. The van der Waals surface area contributed by atoms with E-state index in [1.165, 1.54) is 17.8 Å². The summed E-state index contributed by atoms with van der Waals surface area (Å²) in [6.45, 7) is 0. The summed E-state index contributed by atoms with van der Waals surface area (Å²) in [6, 6.07) is 26.9. The standard InChI is InChI=1S/C26H22N4O2S/c27-24(31)18-33-23-14-8-7-13-22(23)28-25(32)16-15-20-17-30(21-11-5-2-6-12-21)29-26(20)19-9-3-1-4-10-19/h1-17H,18H2,(H2,27,31)(H,28,32)/b16-15+. The second-order valence-electron chi connectivity index (χ2n) is 7.15. The number of nitrogens with one attached hydrogen (secondary N) is 1. The van der Waals surface area contributed by atoms with Crippen LogP contribution in [0.25, 0.3) is 23.0 Å². The first kappa shape index (κ1) is 22.1. The minimum absolute atomic E-state index is 0.141. The Kier molecular flexibility index (Phi) is 7.02. The summed E-state index contributed by atoms with van der Waals surface area (Å²) in [4.78, 5) is 24.6. The number of thioether (sulfide) groups is 1. The normalized spacial score (nSPS) is 10.9. The van der Waals surface area contributed by atoms with Crippen LogP contribution in [0.1, 0.15) is 5.56 Å². The number of para-hydroxylation sites is 2. The van der Waals surface area contributed by atoms with Crippen LogP contribution in [0.3, 0.4) is 0 Å². The van der Waals surface area contributed by atoms with Gasteiger partial charge < -0.3 is 11.1 Å². The monoisotopic (exact) mass is 454 g/mol. The molecule has 33 heavy (non-hydrogen) atoms. The van der Waals surface area contributed by atoms with Gasteiger partial charge in [-0.3, -0.25) is 9.59 Å². The topological polar surface area (TPSA) is 90.0 Å². The van der Waals surface area contributed by atoms with Crippen molar-refractivity contribution in [2.45, 2.75) is 4.90 Å². The zero-order valence-electron chi connectivity index (χ0n) is 17.7. The van der Waals surface area contributed by atoms with Crippen molar-refractivity contribution in [1.82, 2.24) is 9.78 Å². The third-order valence-corrected chi connectivity index (χ3v) is 5.84. The first-order valence-corrected chi connectivity index (χ1v) is 11.3. The third-order valence-electron chi connectivity index (χ3n) is 4.74. The molecule has 1 heterocycles. The number of hydrogen-bond donors (Lipinski definition) is 2. The SMILES string of the molecule is NC(=O)CSc1ccccc1NC(=O)/C=C/c1cn(-c2ccccc2)nc1-c1ccccc1. The molecule has 0 spiro atoms. The third kappa shape index (κ3) is 5.78. The second-order valence-corrected chi connectivity index (χ2v) is 8.17. The maximum absolute atomic E-state index is 12.7. The van der Waals surface area contributed by atoms with E-state index in [1.54, 1.807) is 16.8 Å². The summed E-state index contributed by atoms with van der Waals surface area (Å²) in [5.41, 5.74) is 9.35. The van der Waals surface area contributed by atoms with Crippen LogP contribution in [0.15, 0.2) is 102 Å². The van der Waals surface area contributed by atoms with Crippen LogP contribution < -0.4 is 11.1 Å². The lowest BCUT2D eigenvalue weighted by atomic mass is 10.1. The Bertz CT molecular complexity index is 1280. The second kappa shape index (κ2) is 10.5. The number of benzene rings is 3. The summed E-state index contributed by atoms with van der Waals surface area (Å²) in [6.07, 6.45) is 5.13. The molecule has 1 aromatic heterocycles. The van der Waals surface area contributed by atoms with Crippen LogP contribution >= 0.6 is 11.8 Å². The first-order valence-electron chi connectivity index (χ1n) is 10.3. The van der Waals surface area contributed by atoms with E-state index in [0.29, 0.717) is 5.69 Å². The largest absolute Gasteiger partial charge is 0.369 e. The molecular formula is C26H22N4O2S. The van der Waals surface area contributed by atoms with Crippen LogP contribution in [0.2, 0.25) is 0 Å². The molecule has 164 valence electrons. The van der Waals surface area contributed by atoms with Gasteiger partial charge in [0.2, 0.25) is 11.8 Å². The van der Waals surface area contributed by atoms with E-state index in [-0.39, 0.29) is 11.7 Å². The molecule has 0 aliphatic carbocycles. The quantitative estimate of drug-likeness (QED) is 0.296. The molecule has 0 radical (unpaired) electrons. The van der Waals surface area contributed by atoms with Gasteiger partial charge in [0.05, 0.1) is 22.8 Å². The molecule has 0 saturated carbocycles. The minimum atomic E-state index is -0.412. The van der Waals surface area contributed by atoms with Gasteiger partial charge in [0.25, 0.3) is 0 Å². The van der Waals surface area contributed by atoms with E-state index in [4.69, 9.17) is 10.8 Å². The summed E-state index contributed by atoms with van der Waals surface area (Å²) < 4.78 is 1.80. The molecule has 0 aliphatic rings. The van der Waals surface area contributed by atoms with Crippen molar-refractivity contribution in [3.8, 4) is 16.9 Å². The number of carbonyl (C=O) groups is 2. The number of carbonyl (C=O) groups excluding carboxylic acids is 2. The fourth-order valence-electron chi connectivity index (χ4n) is 3.23. The van der Waals surface area contributed by atoms with Crippen LogP contribution in [0.4, 0.5) is 5.69 Å². The van der Waals surface area contributed by atoms with Gasteiger partial charge in [0.15, 0.2) is 0 Å². The maximum atomic E-state index is 12.7. The van der Waals surface area contributed by atoms with Crippen molar-refractivity contribution >= 4 is 35.3 Å². The van der Waals surface area contributed by atoms with Crippen LogP contribution in [0, 0.1) is 0 Å². The van der Waals surface area contributed by atoms with E-state index >= 15 is 0 Å². The van der Waals surface area contributed by atoms with Gasteiger partial charge in [-0.2, -0.15) is 5.10 Å². The van der Waals surface area contributed by atoms with Gasteiger partial charge in [-0.15, -0.1) is 11.8 Å². The molecule has 4 rings (SSSR count). The summed E-state index contributed by atoms with van der Waals surface area (Å²) in [5, 5.41) is 7.63. The van der Waals surface area contributed by atoms with Crippen LogP contribution in [-0.4, -0.2) is 27.3 Å². The number of nitrogens with two attached hydrogens (primary N) is 1. The van der Waals surface area contributed by atoms with Gasteiger partial charge in [0, 0.05) is 28.3 Å². The highest BCUT2D eigenvalue weighted by molar-refractivity contribution is 8.00. The fraction of sp³-hybridized carbons (Fsp3) is 0.0385. The molecule has 0 aliphatic heterocycles. The lowest BCUT2D eigenvalue weighted by molar-refractivity contribution is -0.115. The Balaban J connectivity index is 1.58. The fourth-order valence-corrected chi connectivity index (χ4v) is 3.97. The highest BCUT2D eigenvalue weighted by Gasteiger charge is 2.11. The molecule has 3 aromatic carbocycles. The zero-order chi connectivity index (χ0) is 23.0. The van der Waals surface area contributed by atoms with Gasteiger partial charge in [-0.1, -0.05) is 60.7 Å². The van der Waals surface area contributed by atoms with Crippen molar-refractivity contribution in [1.29, 1.82) is 0 Å². The van der Waals surface area contributed by atoms with E-state index in [1.807, 2.05) is 85.1 Å². The van der Waals surface area contributed by atoms with Crippen molar-refractivity contribution in [2.24, 2.45) is 5.73 Å². The highest BCUT2D eigenvalue weighted by Crippen LogP contribution is 2.27. The van der Waals surface area contributed by atoms with E-state index in [0.717, 1.165) is 27.4 Å². The molecule has 0 saturated heterocycles. The van der Waals surface area contributed by atoms with Crippen molar-refractivity contribution in [3.63, 3.8) is 0 Å². The molecule has 0 fully saturated rings. The van der Waals surface area contributed by atoms with E-state index < -0.39 is 5.91 Å². The zero-order valence-corrected chi connectivity index (χ0v) is 18.5. The Morgan fingerprint density at radius 2 is 1.61 bits per heavy atom. The number of anilines is 1. The van der Waals surface area contributed by atoms with Crippen LogP contribution in [-0.2, 0) is 9.59 Å². The van der Waals surface area contributed by atoms with Gasteiger partial charge >= 0.3 is 0 Å². The average Bonchev–Trinajstić information content (AvgIpc) is 3.28. The lowest BCUT2D eigenvalue weighted by Gasteiger charge is -2.08. The molecule has 2 amide bonds. The number of aromatic nitrogens is 2. The molecule has 0 atom stereocenters. The number of amides is 2. The first-order chi connectivity index (χ1) is 16.1. The Labute approximate surface area is 196 Å². The smallest absolute Gasteiger partial charge is 0.248 e. The highest BCUT2D eigenvalue weighted by atomic mass is 32.2. The molecular weight excluding hydrogens is 432 g/mol. The van der Waals surface area contributed by atoms with Gasteiger partial charge in [-0.25, -0.2) is 4.68 Å². The predicted molar refractivity (Wildman–Crippen MR) is 133 cm³/mol. The summed E-state index contributed by atoms with van der Waals surface area (Å²) in [5.74, 6) is -0.555. The predicted octanol–water partition coefficient (Wildman–Crippen LogP) is 4.77. The molecule has 6 nitrogen and oxygen atoms in total. The van der Waals surface area contributed by atoms with Crippen molar-refractivity contribution < 1.29 is 9.59 Å². The Morgan fingerprint density at radius 1 is 0.939 bits per heavy atom. The van der Waals surface area contributed by atoms with E-state index in [2.05, 4.69) is 5.32 Å². The molecule has 4 aromatic rings. The summed E-state index contributed by atoms with van der Waals surface area (Å²) in [7, 11) is 0. The Hall–Kier alpha value is -4.10.